The predicted octanol–water partition coefficient (Wildman–Crippen LogP) is 0.887. The highest BCUT2D eigenvalue weighted by atomic mass is 15.0. The molecule has 0 bridgehead atoms. The first-order valence-electron chi connectivity index (χ1n) is 4.55. The summed E-state index contributed by atoms with van der Waals surface area (Å²) in [5.41, 5.74) is 1.26. The lowest BCUT2D eigenvalue weighted by molar-refractivity contribution is 0.454. The summed E-state index contributed by atoms with van der Waals surface area (Å²) >= 11 is 0. The Morgan fingerprint density at radius 1 is 1.50 bits per heavy atom. The predicted molar refractivity (Wildman–Crippen MR) is 48.1 cm³/mol. The Labute approximate surface area is 72.8 Å². The number of aryl methyl sites for hydroxylation is 1. The molecule has 2 rings (SSSR count). The van der Waals surface area contributed by atoms with E-state index in [0.717, 1.165) is 13.1 Å². The van der Waals surface area contributed by atoms with Gasteiger partial charge < -0.3 is 9.88 Å². The molecule has 0 atom stereocenters. The summed E-state index contributed by atoms with van der Waals surface area (Å²) in [5.74, 6) is 0.687. The number of imidazole rings is 1. The van der Waals surface area contributed by atoms with Crippen LogP contribution in [0.1, 0.15) is 24.5 Å². The third-order valence-electron chi connectivity index (χ3n) is 2.48. The normalized spacial score (nSPS) is 19.8. The van der Waals surface area contributed by atoms with Crippen molar-refractivity contribution >= 4 is 0 Å². The topological polar surface area (TPSA) is 29.9 Å². The van der Waals surface area contributed by atoms with E-state index in [-0.39, 0.29) is 0 Å². The number of hydrogen-bond acceptors (Lipinski definition) is 2. The summed E-state index contributed by atoms with van der Waals surface area (Å²) < 4.78 is 2.03. The van der Waals surface area contributed by atoms with E-state index in [1.54, 1.807) is 0 Å². The zero-order valence-electron chi connectivity index (χ0n) is 7.45. The van der Waals surface area contributed by atoms with E-state index in [2.05, 4.69) is 16.5 Å². The molecular formula is C9H15N3. The average molecular weight is 165 g/mol. The van der Waals surface area contributed by atoms with Crippen LogP contribution in [0.25, 0.3) is 0 Å². The Bertz CT molecular complexity index is 248. The monoisotopic (exact) mass is 165 g/mol. The van der Waals surface area contributed by atoms with Gasteiger partial charge >= 0.3 is 0 Å². The lowest BCUT2D eigenvalue weighted by Gasteiger charge is -2.20. The fourth-order valence-corrected chi connectivity index (χ4v) is 1.76. The molecule has 3 nitrogen and oxygen atoms in total. The molecule has 0 spiro atoms. The average Bonchev–Trinajstić information content (AvgIpc) is 2.54. The molecule has 1 aromatic heterocycles. The minimum Gasteiger partial charge on any atom is -0.340 e. The Balaban J connectivity index is 2.08. The first kappa shape index (κ1) is 7.80. The van der Waals surface area contributed by atoms with Crippen molar-refractivity contribution in [3.63, 3.8) is 0 Å². The Kier molecular flexibility index (Phi) is 2.13. The maximum absolute atomic E-state index is 4.37. The van der Waals surface area contributed by atoms with Gasteiger partial charge in [0.25, 0.3) is 0 Å². The van der Waals surface area contributed by atoms with Crippen LogP contribution in [0.4, 0.5) is 0 Å². The van der Waals surface area contributed by atoms with Gasteiger partial charge in [0, 0.05) is 19.2 Å². The number of piperidine rings is 1. The van der Waals surface area contributed by atoms with E-state index in [0.29, 0.717) is 5.92 Å². The molecule has 0 aromatic carbocycles. The molecule has 3 heteroatoms. The zero-order valence-corrected chi connectivity index (χ0v) is 7.45. The highest BCUT2D eigenvalue weighted by Gasteiger charge is 2.16. The summed E-state index contributed by atoms with van der Waals surface area (Å²) in [6.07, 6.45) is 6.49. The van der Waals surface area contributed by atoms with Gasteiger partial charge in [-0.1, -0.05) is 0 Å². The van der Waals surface area contributed by atoms with Crippen LogP contribution < -0.4 is 5.32 Å². The molecule has 0 unspecified atom stereocenters. The SMILES string of the molecule is Cn1cnc(C2CCNCC2)c1. The van der Waals surface area contributed by atoms with E-state index in [1.165, 1.54) is 18.5 Å². The molecule has 1 fully saturated rings. The van der Waals surface area contributed by atoms with Gasteiger partial charge in [0.2, 0.25) is 0 Å². The molecule has 1 saturated heterocycles. The highest BCUT2D eigenvalue weighted by Crippen LogP contribution is 2.22. The van der Waals surface area contributed by atoms with Crippen LogP contribution in [0, 0.1) is 0 Å². The number of rotatable bonds is 1. The molecule has 1 N–H and O–H groups in total. The van der Waals surface area contributed by atoms with Gasteiger partial charge in [0.1, 0.15) is 0 Å². The Morgan fingerprint density at radius 3 is 2.83 bits per heavy atom. The molecule has 0 saturated carbocycles. The van der Waals surface area contributed by atoms with Gasteiger partial charge in [-0.2, -0.15) is 0 Å². The van der Waals surface area contributed by atoms with Crippen molar-refractivity contribution < 1.29 is 0 Å². The fraction of sp³-hybridized carbons (Fsp3) is 0.667. The molecule has 66 valence electrons. The molecule has 2 heterocycles. The Morgan fingerprint density at radius 2 is 2.25 bits per heavy atom. The quantitative estimate of drug-likeness (QED) is 0.669. The molecule has 12 heavy (non-hydrogen) atoms. The molecule has 1 aromatic rings. The van der Waals surface area contributed by atoms with Crippen LogP contribution >= 0.6 is 0 Å². The lowest BCUT2D eigenvalue weighted by Crippen LogP contribution is -2.26. The van der Waals surface area contributed by atoms with Gasteiger partial charge in [-0.15, -0.1) is 0 Å². The van der Waals surface area contributed by atoms with Crippen LogP contribution in [0.5, 0.6) is 0 Å². The largest absolute Gasteiger partial charge is 0.340 e. The van der Waals surface area contributed by atoms with Crippen LogP contribution in [0.15, 0.2) is 12.5 Å². The molecular weight excluding hydrogens is 150 g/mol. The van der Waals surface area contributed by atoms with E-state index in [4.69, 9.17) is 0 Å². The second-order valence-corrected chi connectivity index (χ2v) is 3.49. The maximum Gasteiger partial charge on any atom is 0.0946 e. The third kappa shape index (κ3) is 1.50. The number of nitrogens with one attached hydrogen (secondary N) is 1. The van der Waals surface area contributed by atoms with E-state index in [9.17, 15) is 0 Å². The van der Waals surface area contributed by atoms with Crippen molar-refractivity contribution in [2.24, 2.45) is 7.05 Å². The first-order valence-corrected chi connectivity index (χ1v) is 4.55. The van der Waals surface area contributed by atoms with Crippen LogP contribution in [0.2, 0.25) is 0 Å². The standard InChI is InChI=1S/C9H15N3/c1-12-6-9(11-7-12)8-2-4-10-5-3-8/h6-8,10H,2-5H2,1H3. The summed E-state index contributed by atoms with van der Waals surface area (Å²) in [6, 6.07) is 0. The number of hydrogen-bond donors (Lipinski definition) is 1. The van der Waals surface area contributed by atoms with Crippen molar-refractivity contribution in [2.45, 2.75) is 18.8 Å². The molecule has 0 amide bonds. The van der Waals surface area contributed by atoms with E-state index >= 15 is 0 Å². The third-order valence-corrected chi connectivity index (χ3v) is 2.48. The maximum atomic E-state index is 4.37. The second-order valence-electron chi connectivity index (χ2n) is 3.49. The van der Waals surface area contributed by atoms with Gasteiger partial charge in [-0.3, -0.25) is 0 Å². The molecule has 0 radical (unpaired) electrons. The van der Waals surface area contributed by atoms with Gasteiger partial charge in [-0.05, 0) is 25.9 Å². The first-order chi connectivity index (χ1) is 5.86. The lowest BCUT2D eigenvalue weighted by atomic mass is 9.95. The van der Waals surface area contributed by atoms with Crippen molar-refractivity contribution in [3.05, 3.63) is 18.2 Å². The summed E-state index contributed by atoms with van der Waals surface area (Å²) in [6.45, 7) is 2.28. The highest BCUT2D eigenvalue weighted by molar-refractivity contribution is 5.05. The van der Waals surface area contributed by atoms with Crippen molar-refractivity contribution in [1.82, 2.24) is 14.9 Å². The van der Waals surface area contributed by atoms with Gasteiger partial charge in [0.15, 0.2) is 0 Å². The summed E-state index contributed by atoms with van der Waals surface area (Å²) in [7, 11) is 2.03. The van der Waals surface area contributed by atoms with E-state index in [1.807, 2.05) is 17.9 Å². The van der Waals surface area contributed by atoms with Crippen molar-refractivity contribution in [3.8, 4) is 0 Å². The smallest absolute Gasteiger partial charge is 0.0946 e. The van der Waals surface area contributed by atoms with Crippen molar-refractivity contribution in [1.29, 1.82) is 0 Å². The van der Waals surface area contributed by atoms with Gasteiger partial charge in [-0.25, -0.2) is 4.98 Å². The molecule has 1 aliphatic rings. The minimum absolute atomic E-state index is 0.687. The molecule has 0 aliphatic carbocycles. The van der Waals surface area contributed by atoms with Crippen molar-refractivity contribution in [2.75, 3.05) is 13.1 Å². The van der Waals surface area contributed by atoms with Gasteiger partial charge in [0.05, 0.1) is 12.0 Å². The fourth-order valence-electron chi connectivity index (χ4n) is 1.76. The molecule has 1 aliphatic heterocycles. The summed E-state index contributed by atoms with van der Waals surface area (Å²) in [5, 5.41) is 3.36. The van der Waals surface area contributed by atoms with Crippen LogP contribution in [0.3, 0.4) is 0 Å². The number of aromatic nitrogens is 2. The Hall–Kier alpha value is -0.830. The van der Waals surface area contributed by atoms with Crippen LogP contribution in [-0.2, 0) is 7.05 Å². The van der Waals surface area contributed by atoms with E-state index < -0.39 is 0 Å². The second kappa shape index (κ2) is 3.27. The minimum atomic E-state index is 0.687. The summed E-state index contributed by atoms with van der Waals surface area (Å²) in [4.78, 5) is 4.37. The zero-order chi connectivity index (χ0) is 8.39. The number of nitrogens with zero attached hydrogens (tertiary/aromatic N) is 2. The van der Waals surface area contributed by atoms with Crippen LogP contribution in [-0.4, -0.2) is 22.6 Å².